The number of pyridine rings is 2. The van der Waals surface area contributed by atoms with Gasteiger partial charge in [-0.1, -0.05) is 19.8 Å². The second-order valence-electron chi connectivity index (χ2n) is 5.14. The van der Waals surface area contributed by atoms with Crippen molar-refractivity contribution in [2.45, 2.75) is 39.2 Å². The molecule has 2 aromatic heterocycles. The van der Waals surface area contributed by atoms with E-state index in [1.54, 1.807) is 0 Å². The first-order valence-corrected chi connectivity index (χ1v) is 7.24. The second-order valence-corrected chi connectivity index (χ2v) is 5.14. The van der Waals surface area contributed by atoms with E-state index in [-0.39, 0.29) is 24.8 Å². The van der Waals surface area contributed by atoms with Crippen molar-refractivity contribution < 1.29 is 33.9 Å². The summed E-state index contributed by atoms with van der Waals surface area (Å²) in [5.41, 5.74) is 2.56. The van der Waals surface area contributed by atoms with Crippen LogP contribution in [0.3, 0.4) is 0 Å². The first-order chi connectivity index (χ1) is 9.29. The molecule has 0 bridgehead atoms. The maximum Gasteiger partial charge on any atom is 0.169 e. The van der Waals surface area contributed by atoms with Gasteiger partial charge < -0.3 is 24.8 Å². The molecule has 0 fully saturated rings. The molecule has 0 aliphatic carbocycles. The van der Waals surface area contributed by atoms with E-state index in [0.29, 0.717) is 0 Å². The molecule has 0 N–H and O–H groups in total. The van der Waals surface area contributed by atoms with Gasteiger partial charge in [-0.25, -0.2) is 9.13 Å². The van der Waals surface area contributed by atoms with Gasteiger partial charge in [0.25, 0.3) is 0 Å². The zero-order valence-corrected chi connectivity index (χ0v) is 14.3. The minimum atomic E-state index is 0. The lowest BCUT2D eigenvalue weighted by molar-refractivity contribution is -0.697. The summed E-state index contributed by atoms with van der Waals surface area (Å²) in [7, 11) is 2.04. The van der Waals surface area contributed by atoms with Gasteiger partial charge in [-0.15, -0.1) is 0 Å². The summed E-state index contributed by atoms with van der Waals surface area (Å²) in [5, 5.41) is 0. The fraction of sp³-hybridized carbons (Fsp3) is 0.412. The van der Waals surface area contributed by atoms with Crippen molar-refractivity contribution in [3.05, 3.63) is 49.1 Å². The monoisotopic (exact) mass is 326 g/mol. The number of aryl methyl sites for hydroxylation is 2. The molecule has 116 valence electrons. The highest BCUT2D eigenvalue weighted by molar-refractivity contribution is 5.60. The van der Waals surface area contributed by atoms with Crippen molar-refractivity contribution in [2.75, 3.05) is 0 Å². The van der Waals surface area contributed by atoms with E-state index in [4.69, 9.17) is 0 Å². The first-order valence-electron chi connectivity index (χ1n) is 7.24. The topological polar surface area (TPSA) is 7.76 Å². The minimum absolute atomic E-state index is 0. The van der Waals surface area contributed by atoms with E-state index in [2.05, 4.69) is 65.1 Å². The van der Waals surface area contributed by atoms with Gasteiger partial charge in [0.2, 0.25) is 0 Å². The van der Waals surface area contributed by atoms with Crippen LogP contribution in [0.1, 0.15) is 32.6 Å². The van der Waals surface area contributed by atoms with Crippen LogP contribution in [-0.2, 0) is 13.6 Å². The highest BCUT2D eigenvalue weighted by atomic mass is 35.5. The Hall–Kier alpha value is -1.12. The number of unbranched alkanes of at least 4 members (excludes halogenated alkanes) is 3. The van der Waals surface area contributed by atoms with Crippen LogP contribution < -0.4 is 33.9 Å². The summed E-state index contributed by atoms with van der Waals surface area (Å²) in [4.78, 5) is 0. The second kappa shape index (κ2) is 10.6. The minimum Gasteiger partial charge on any atom is -1.00 e. The lowest BCUT2D eigenvalue weighted by Gasteiger charge is -2.00. The van der Waals surface area contributed by atoms with Gasteiger partial charge in [0.15, 0.2) is 24.8 Å². The first kappa shape index (κ1) is 19.9. The fourth-order valence-corrected chi connectivity index (χ4v) is 2.21. The molecule has 0 radical (unpaired) electrons. The SMILES string of the molecule is CCCCCC[n+]1ccc(-c2cc[n+](C)cc2)cc1.[Cl-].[Cl-]. The molecule has 0 atom stereocenters. The summed E-state index contributed by atoms with van der Waals surface area (Å²) < 4.78 is 4.34. The summed E-state index contributed by atoms with van der Waals surface area (Å²) in [6.07, 6.45) is 13.8. The Balaban J connectivity index is 0.00000200. The van der Waals surface area contributed by atoms with Crippen LogP contribution >= 0.6 is 0 Å². The molecule has 0 amide bonds. The summed E-state index contributed by atoms with van der Waals surface area (Å²) in [6, 6.07) is 8.71. The van der Waals surface area contributed by atoms with Gasteiger partial charge >= 0.3 is 0 Å². The van der Waals surface area contributed by atoms with Crippen LogP contribution in [0.2, 0.25) is 0 Å². The number of halogens is 2. The zero-order valence-electron chi connectivity index (χ0n) is 12.8. The van der Waals surface area contributed by atoms with Crippen LogP contribution in [0.25, 0.3) is 11.1 Å². The molecule has 2 heterocycles. The van der Waals surface area contributed by atoms with Crippen LogP contribution in [0.15, 0.2) is 49.1 Å². The van der Waals surface area contributed by atoms with Crippen molar-refractivity contribution in [3.63, 3.8) is 0 Å². The predicted octanol–water partition coefficient (Wildman–Crippen LogP) is -2.95. The molecular weight excluding hydrogens is 303 g/mol. The van der Waals surface area contributed by atoms with E-state index >= 15 is 0 Å². The molecule has 0 aromatic carbocycles. The van der Waals surface area contributed by atoms with Crippen molar-refractivity contribution in [2.24, 2.45) is 7.05 Å². The van der Waals surface area contributed by atoms with Gasteiger partial charge in [-0.3, -0.25) is 0 Å². The lowest BCUT2D eigenvalue weighted by Crippen LogP contribution is -3.00. The van der Waals surface area contributed by atoms with Crippen molar-refractivity contribution in [1.29, 1.82) is 0 Å². The molecule has 2 rings (SSSR count). The van der Waals surface area contributed by atoms with Crippen LogP contribution in [0, 0.1) is 0 Å². The number of aromatic nitrogens is 2. The third kappa shape index (κ3) is 6.45. The standard InChI is InChI=1S/C17H24N2.2ClH/c1-3-4-5-6-11-19-14-9-17(10-15-19)16-7-12-18(2)13-8-16;;/h7-10,12-15H,3-6,11H2,1-2H3;2*1H/q+2;;/p-2. The van der Waals surface area contributed by atoms with Gasteiger partial charge in [0.1, 0.15) is 13.6 Å². The molecule has 0 saturated heterocycles. The molecule has 2 nitrogen and oxygen atoms in total. The molecule has 0 aliphatic heterocycles. The van der Waals surface area contributed by atoms with Gasteiger partial charge in [0, 0.05) is 30.7 Å². The Morgan fingerprint density at radius 1 is 0.762 bits per heavy atom. The molecule has 2 aromatic rings. The molecule has 0 spiro atoms. The number of rotatable bonds is 6. The van der Waals surface area contributed by atoms with Crippen LogP contribution in [0.4, 0.5) is 0 Å². The Kier molecular flexibility index (Phi) is 10.0. The Labute approximate surface area is 140 Å². The molecule has 0 aliphatic rings. The quantitative estimate of drug-likeness (QED) is 0.396. The van der Waals surface area contributed by atoms with Crippen LogP contribution in [-0.4, -0.2) is 0 Å². The van der Waals surface area contributed by atoms with Gasteiger partial charge in [-0.2, -0.15) is 0 Å². The van der Waals surface area contributed by atoms with E-state index in [9.17, 15) is 0 Å². The maximum atomic E-state index is 2.28. The number of nitrogens with zero attached hydrogens (tertiary/aromatic N) is 2. The third-order valence-corrected chi connectivity index (χ3v) is 3.47. The maximum absolute atomic E-state index is 2.28. The summed E-state index contributed by atoms with van der Waals surface area (Å²) >= 11 is 0. The van der Waals surface area contributed by atoms with E-state index in [1.165, 1.54) is 36.8 Å². The van der Waals surface area contributed by atoms with Gasteiger partial charge in [-0.05, 0) is 17.5 Å². The Morgan fingerprint density at radius 3 is 1.81 bits per heavy atom. The molecule has 0 saturated carbocycles. The van der Waals surface area contributed by atoms with Crippen molar-refractivity contribution in [1.82, 2.24) is 0 Å². The van der Waals surface area contributed by atoms with E-state index in [1.807, 2.05) is 7.05 Å². The zero-order chi connectivity index (χ0) is 13.5. The smallest absolute Gasteiger partial charge is 0.169 e. The van der Waals surface area contributed by atoms with Gasteiger partial charge in [0.05, 0.1) is 0 Å². The number of hydrogen-bond donors (Lipinski definition) is 0. The van der Waals surface area contributed by atoms with Crippen LogP contribution in [0.5, 0.6) is 0 Å². The highest BCUT2D eigenvalue weighted by Crippen LogP contribution is 2.15. The average molecular weight is 327 g/mol. The van der Waals surface area contributed by atoms with E-state index in [0.717, 1.165) is 6.54 Å². The number of hydrogen-bond acceptors (Lipinski definition) is 0. The lowest BCUT2D eigenvalue weighted by atomic mass is 10.1. The molecule has 4 heteroatoms. The largest absolute Gasteiger partial charge is 1.00 e. The summed E-state index contributed by atoms with van der Waals surface area (Å²) in [5.74, 6) is 0. The Morgan fingerprint density at radius 2 is 1.29 bits per heavy atom. The Bertz CT molecular complexity index is 495. The average Bonchev–Trinajstić information content (AvgIpc) is 2.45. The fourth-order valence-electron chi connectivity index (χ4n) is 2.21. The predicted molar refractivity (Wildman–Crippen MR) is 77.4 cm³/mol. The molecule has 0 unspecified atom stereocenters. The molecule has 21 heavy (non-hydrogen) atoms. The van der Waals surface area contributed by atoms with Crippen molar-refractivity contribution >= 4 is 0 Å². The summed E-state index contributed by atoms with van der Waals surface area (Å²) in [6.45, 7) is 3.38. The van der Waals surface area contributed by atoms with E-state index < -0.39 is 0 Å². The van der Waals surface area contributed by atoms with Crippen molar-refractivity contribution in [3.8, 4) is 11.1 Å². The third-order valence-electron chi connectivity index (χ3n) is 3.47. The molecular formula is C17H24Cl2N2. The normalized spacial score (nSPS) is 9.62. The highest BCUT2D eigenvalue weighted by Gasteiger charge is 2.03.